The second kappa shape index (κ2) is 6.35. The summed E-state index contributed by atoms with van der Waals surface area (Å²) < 4.78 is 5.68. The first-order valence-electron chi connectivity index (χ1n) is 8.61. The molecule has 3 saturated heterocycles. The lowest BCUT2D eigenvalue weighted by molar-refractivity contribution is -0.0110. The largest absolute Gasteiger partial charge is 0.440 e. The summed E-state index contributed by atoms with van der Waals surface area (Å²) in [6, 6.07) is 0. The van der Waals surface area contributed by atoms with Crippen LogP contribution in [0.4, 0.5) is 9.93 Å². The van der Waals surface area contributed by atoms with Crippen molar-refractivity contribution in [2.24, 2.45) is 0 Å². The SMILES string of the molecule is CN1CC2(CCCN(Cc3sc(N4CCCC4)nc3Cl)C2)OC1=O. The third-order valence-electron chi connectivity index (χ3n) is 5.14. The average Bonchev–Trinajstić information content (AvgIpc) is 3.22. The van der Waals surface area contributed by atoms with Crippen molar-refractivity contribution < 1.29 is 9.53 Å². The van der Waals surface area contributed by atoms with Crippen LogP contribution in [0.2, 0.25) is 5.15 Å². The number of ether oxygens (including phenoxy) is 1. The van der Waals surface area contributed by atoms with Gasteiger partial charge in [0, 0.05) is 33.2 Å². The highest BCUT2D eigenvalue weighted by Crippen LogP contribution is 2.35. The number of amides is 1. The Morgan fingerprint density at radius 3 is 2.75 bits per heavy atom. The standard InChI is InChI=1S/C16H23ClN4O2S/c1-19-10-16(23-15(19)22)5-4-6-20(11-16)9-12-13(17)18-14(24-12)21-7-2-3-8-21/h2-11H2,1H3. The van der Waals surface area contributed by atoms with E-state index in [2.05, 4.69) is 14.8 Å². The molecule has 0 aliphatic carbocycles. The van der Waals surface area contributed by atoms with Crippen LogP contribution in [0.1, 0.15) is 30.6 Å². The highest BCUT2D eigenvalue weighted by atomic mass is 35.5. The Bertz CT molecular complexity index is 634. The van der Waals surface area contributed by atoms with Crippen molar-refractivity contribution in [1.82, 2.24) is 14.8 Å². The van der Waals surface area contributed by atoms with Gasteiger partial charge < -0.3 is 14.5 Å². The quantitative estimate of drug-likeness (QED) is 0.818. The van der Waals surface area contributed by atoms with Crippen molar-refractivity contribution in [3.63, 3.8) is 0 Å². The first kappa shape index (κ1) is 16.4. The van der Waals surface area contributed by atoms with Gasteiger partial charge >= 0.3 is 6.09 Å². The number of thiazole rings is 1. The van der Waals surface area contributed by atoms with E-state index in [1.165, 1.54) is 12.8 Å². The number of carbonyl (C=O) groups excluding carboxylic acids is 1. The number of likely N-dealkylation sites (tertiary alicyclic amines) is 1. The number of piperidine rings is 1. The fourth-order valence-electron chi connectivity index (χ4n) is 4.00. The highest BCUT2D eigenvalue weighted by molar-refractivity contribution is 7.16. The number of hydrogen-bond donors (Lipinski definition) is 0. The van der Waals surface area contributed by atoms with E-state index in [0.717, 1.165) is 55.6 Å². The first-order chi connectivity index (χ1) is 11.5. The summed E-state index contributed by atoms with van der Waals surface area (Å²) in [7, 11) is 1.80. The maximum Gasteiger partial charge on any atom is 0.410 e. The number of anilines is 1. The molecule has 6 nitrogen and oxygen atoms in total. The summed E-state index contributed by atoms with van der Waals surface area (Å²) in [5.41, 5.74) is -0.348. The predicted molar refractivity (Wildman–Crippen MR) is 94.9 cm³/mol. The van der Waals surface area contributed by atoms with Crippen molar-refractivity contribution in [3.8, 4) is 0 Å². The van der Waals surface area contributed by atoms with Gasteiger partial charge in [-0.3, -0.25) is 4.90 Å². The van der Waals surface area contributed by atoms with Crippen LogP contribution in [0, 0.1) is 0 Å². The van der Waals surface area contributed by atoms with Crippen LogP contribution in [0.3, 0.4) is 0 Å². The fourth-order valence-corrected chi connectivity index (χ4v) is 5.35. The van der Waals surface area contributed by atoms with Crippen LogP contribution in [-0.4, -0.2) is 66.2 Å². The summed E-state index contributed by atoms with van der Waals surface area (Å²) in [6.07, 6.45) is 4.25. The van der Waals surface area contributed by atoms with Crippen LogP contribution in [0.5, 0.6) is 0 Å². The van der Waals surface area contributed by atoms with Crippen LogP contribution in [-0.2, 0) is 11.3 Å². The van der Waals surface area contributed by atoms with Gasteiger partial charge in [-0.15, -0.1) is 0 Å². The van der Waals surface area contributed by atoms with Gasteiger partial charge in [0.05, 0.1) is 11.4 Å². The van der Waals surface area contributed by atoms with Gasteiger partial charge in [-0.05, 0) is 32.2 Å². The Kier molecular flexibility index (Phi) is 4.34. The van der Waals surface area contributed by atoms with Crippen LogP contribution < -0.4 is 4.90 Å². The van der Waals surface area contributed by atoms with Crippen molar-refractivity contribution in [3.05, 3.63) is 10.0 Å². The van der Waals surface area contributed by atoms with E-state index in [4.69, 9.17) is 16.3 Å². The van der Waals surface area contributed by atoms with Crippen molar-refractivity contribution in [2.75, 3.05) is 44.7 Å². The smallest absolute Gasteiger partial charge is 0.410 e. The zero-order chi connectivity index (χ0) is 16.7. The van der Waals surface area contributed by atoms with Gasteiger partial charge in [-0.2, -0.15) is 0 Å². The normalized spacial score (nSPS) is 28.2. The molecule has 24 heavy (non-hydrogen) atoms. The molecule has 132 valence electrons. The molecule has 0 saturated carbocycles. The molecular weight excluding hydrogens is 348 g/mol. The average molecular weight is 371 g/mol. The molecule has 1 aromatic heterocycles. The van der Waals surface area contributed by atoms with E-state index in [1.807, 2.05) is 0 Å². The lowest BCUT2D eigenvalue weighted by atomic mass is 9.93. The summed E-state index contributed by atoms with van der Waals surface area (Å²) >= 11 is 8.10. The fraction of sp³-hybridized carbons (Fsp3) is 0.750. The van der Waals surface area contributed by atoms with Gasteiger partial charge in [0.1, 0.15) is 10.8 Å². The van der Waals surface area contributed by atoms with E-state index in [1.54, 1.807) is 23.3 Å². The van der Waals surface area contributed by atoms with Gasteiger partial charge in [0.2, 0.25) is 0 Å². The summed E-state index contributed by atoms with van der Waals surface area (Å²) in [5, 5.41) is 1.67. The minimum Gasteiger partial charge on any atom is -0.440 e. The van der Waals surface area contributed by atoms with Crippen LogP contribution in [0.15, 0.2) is 0 Å². The molecule has 3 aliphatic heterocycles. The molecule has 1 atom stereocenters. The molecule has 1 aromatic rings. The van der Waals surface area contributed by atoms with Crippen LogP contribution in [0.25, 0.3) is 0 Å². The van der Waals surface area contributed by atoms with Crippen LogP contribution >= 0.6 is 22.9 Å². The number of carbonyl (C=O) groups is 1. The number of rotatable bonds is 3. The number of nitrogens with zero attached hydrogens (tertiary/aromatic N) is 4. The van der Waals surface area contributed by atoms with Crippen molar-refractivity contribution in [2.45, 2.75) is 37.8 Å². The lowest BCUT2D eigenvalue weighted by Gasteiger charge is -2.38. The molecular formula is C16H23ClN4O2S. The molecule has 3 fully saturated rings. The van der Waals surface area contributed by atoms with E-state index in [-0.39, 0.29) is 11.7 Å². The van der Waals surface area contributed by atoms with Crippen molar-refractivity contribution >= 4 is 34.2 Å². The summed E-state index contributed by atoms with van der Waals surface area (Å²) in [6.45, 7) is 5.41. The second-order valence-electron chi connectivity index (χ2n) is 7.13. The summed E-state index contributed by atoms with van der Waals surface area (Å²) in [4.78, 5) is 23.8. The third-order valence-corrected chi connectivity index (χ3v) is 6.67. The minimum atomic E-state index is -0.348. The number of hydrogen-bond acceptors (Lipinski definition) is 6. The number of likely N-dealkylation sites (N-methyl/N-ethyl adjacent to an activating group) is 1. The van der Waals surface area contributed by atoms with E-state index in [0.29, 0.717) is 11.7 Å². The number of halogens is 1. The first-order valence-corrected chi connectivity index (χ1v) is 9.81. The van der Waals surface area contributed by atoms with Gasteiger partial charge in [-0.25, -0.2) is 9.78 Å². The molecule has 8 heteroatoms. The Hall–Kier alpha value is -1.05. The Labute approximate surface area is 151 Å². The monoisotopic (exact) mass is 370 g/mol. The molecule has 0 radical (unpaired) electrons. The molecule has 1 spiro atoms. The topological polar surface area (TPSA) is 48.9 Å². The van der Waals surface area contributed by atoms with Gasteiger partial charge in [-0.1, -0.05) is 22.9 Å². The minimum absolute atomic E-state index is 0.205. The Morgan fingerprint density at radius 2 is 2.04 bits per heavy atom. The Balaban J connectivity index is 1.44. The molecule has 4 heterocycles. The second-order valence-corrected chi connectivity index (χ2v) is 8.55. The zero-order valence-corrected chi connectivity index (χ0v) is 15.5. The predicted octanol–water partition coefficient (Wildman–Crippen LogP) is 2.81. The maximum atomic E-state index is 11.8. The molecule has 4 rings (SSSR count). The van der Waals surface area contributed by atoms with Crippen molar-refractivity contribution in [1.29, 1.82) is 0 Å². The van der Waals surface area contributed by atoms with E-state index < -0.39 is 0 Å². The highest BCUT2D eigenvalue weighted by Gasteiger charge is 2.46. The maximum absolute atomic E-state index is 11.8. The molecule has 0 aromatic carbocycles. The molecule has 1 unspecified atom stereocenters. The molecule has 0 N–H and O–H groups in total. The van der Waals surface area contributed by atoms with E-state index in [9.17, 15) is 4.79 Å². The molecule has 3 aliphatic rings. The Morgan fingerprint density at radius 1 is 1.25 bits per heavy atom. The van der Waals surface area contributed by atoms with E-state index >= 15 is 0 Å². The molecule has 0 bridgehead atoms. The zero-order valence-electron chi connectivity index (χ0n) is 14.0. The number of aromatic nitrogens is 1. The van der Waals surface area contributed by atoms with Gasteiger partial charge in [0.25, 0.3) is 0 Å². The van der Waals surface area contributed by atoms with Gasteiger partial charge in [0.15, 0.2) is 5.13 Å². The lowest BCUT2D eigenvalue weighted by Crippen LogP contribution is -2.50. The third kappa shape index (κ3) is 3.09. The summed E-state index contributed by atoms with van der Waals surface area (Å²) in [5.74, 6) is 0. The molecule has 1 amide bonds.